The van der Waals surface area contributed by atoms with Gasteiger partial charge >= 0.3 is 0 Å². The Hall–Kier alpha value is -1.26. The fraction of sp³-hybridized carbons (Fsp3) is 0.143. The second-order valence-electron chi connectivity index (χ2n) is 3.95. The maximum atomic E-state index is 13.5. The van der Waals surface area contributed by atoms with Gasteiger partial charge in [-0.05, 0) is 51.8 Å². The number of rotatable bonds is 4. The fourth-order valence-electron chi connectivity index (χ4n) is 1.65. The van der Waals surface area contributed by atoms with E-state index in [-0.39, 0.29) is 11.6 Å². The van der Waals surface area contributed by atoms with E-state index in [1.54, 1.807) is 18.2 Å². The van der Waals surface area contributed by atoms with E-state index in [0.29, 0.717) is 11.6 Å². The van der Waals surface area contributed by atoms with Crippen molar-refractivity contribution in [2.24, 2.45) is 0 Å². The first-order chi connectivity index (χ1) is 9.10. The van der Waals surface area contributed by atoms with E-state index in [4.69, 9.17) is 16.3 Å². The van der Waals surface area contributed by atoms with Crippen molar-refractivity contribution in [3.63, 3.8) is 0 Å². The van der Waals surface area contributed by atoms with Gasteiger partial charge in [-0.1, -0.05) is 17.7 Å². The molecule has 1 N–H and O–H groups in total. The molecule has 0 atom stereocenters. The minimum atomic E-state index is -0.364. The van der Waals surface area contributed by atoms with Gasteiger partial charge in [0.15, 0.2) is 11.6 Å². The highest BCUT2D eigenvalue weighted by Crippen LogP contribution is 2.26. The van der Waals surface area contributed by atoms with Crippen molar-refractivity contribution in [1.29, 1.82) is 0 Å². The van der Waals surface area contributed by atoms with Crippen molar-refractivity contribution in [2.45, 2.75) is 6.54 Å². The maximum Gasteiger partial charge on any atom is 0.165 e. The predicted molar refractivity (Wildman–Crippen MR) is 79.4 cm³/mol. The highest BCUT2D eigenvalue weighted by atomic mass is 79.9. The molecule has 0 aliphatic carbocycles. The summed E-state index contributed by atoms with van der Waals surface area (Å²) in [5, 5.41) is 3.87. The number of benzene rings is 2. The van der Waals surface area contributed by atoms with E-state index in [1.807, 2.05) is 12.1 Å². The Morgan fingerprint density at radius 2 is 2.05 bits per heavy atom. The highest BCUT2D eigenvalue weighted by Gasteiger charge is 2.04. The molecule has 19 heavy (non-hydrogen) atoms. The highest BCUT2D eigenvalue weighted by molar-refractivity contribution is 9.10. The molecule has 0 unspecified atom stereocenters. The molecular weight excluding hydrogens is 333 g/mol. The molecule has 0 fully saturated rings. The lowest BCUT2D eigenvalue weighted by Gasteiger charge is -2.10. The Morgan fingerprint density at radius 3 is 2.68 bits per heavy atom. The number of nitrogens with one attached hydrogen (secondary N) is 1. The van der Waals surface area contributed by atoms with Crippen molar-refractivity contribution in [3.8, 4) is 5.75 Å². The van der Waals surface area contributed by atoms with Gasteiger partial charge in [-0.2, -0.15) is 0 Å². The summed E-state index contributed by atoms with van der Waals surface area (Å²) in [6.07, 6.45) is 0. The standard InChI is InChI=1S/C14H12BrClFNO/c1-19-14-5-2-9(6-12(14)17)8-18-13-4-3-10(16)7-11(13)15/h2-7,18H,8H2,1H3. The van der Waals surface area contributed by atoms with Crippen molar-refractivity contribution < 1.29 is 9.13 Å². The summed E-state index contributed by atoms with van der Waals surface area (Å²) in [5.74, 6) is -0.117. The van der Waals surface area contributed by atoms with E-state index in [9.17, 15) is 4.39 Å². The molecule has 2 nitrogen and oxygen atoms in total. The summed E-state index contributed by atoms with van der Waals surface area (Å²) in [6.45, 7) is 0.515. The molecule has 2 aromatic rings. The number of hydrogen-bond acceptors (Lipinski definition) is 2. The normalized spacial score (nSPS) is 10.3. The fourth-order valence-corrected chi connectivity index (χ4v) is 2.47. The SMILES string of the molecule is COc1ccc(CNc2ccc(Cl)cc2Br)cc1F. The minimum absolute atomic E-state index is 0.247. The van der Waals surface area contributed by atoms with Crippen LogP contribution in [0.5, 0.6) is 5.75 Å². The zero-order valence-corrected chi connectivity index (χ0v) is 12.6. The van der Waals surface area contributed by atoms with E-state index < -0.39 is 0 Å². The van der Waals surface area contributed by atoms with Gasteiger partial charge in [-0.25, -0.2) is 4.39 Å². The Bertz CT molecular complexity index is 592. The van der Waals surface area contributed by atoms with Crippen molar-refractivity contribution in [2.75, 3.05) is 12.4 Å². The molecule has 0 saturated carbocycles. The summed E-state index contributed by atoms with van der Waals surface area (Å²) in [5.41, 5.74) is 1.74. The van der Waals surface area contributed by atoms with Crippen LogP contribution in [0.15, 0.2) is 40.9 Å². The van der Waals surface area contributed by atoms with Gasteiger partial charge in [0.25, 0.3) is 0 Å². The van der Waals surface area contributed by atoms with Crippen LogP contribution >= 0.6 is 27.5 Å². The van der Waals surface area contributed by atoms with E-state index in [2.05, 4.69) is 21.2 Å². The first kappa shape index (κ1) is 14.2. The molecule has 0 aromatic heterocycles. The first-order valence-electron chi connectivity index (χ1n) is 5.61. The van der Waals surface area contributed by atoms with E-state index in [0.717, 1.165) is 15.7 Å². The van der Waals surface area contributed by atoms with Crippen LogP contribution in [0.3, 0.4) is 0 Å². The van der Waals surface area contributed by atoms with Gasteiger partial charge in [-0.15, -0.1) is 0 Å². The maximum absolute atomic E-state index is 13.5. The van der Waals surface area contributed by atoms with Gasteiger partial charge in [0, 0.05) is 21.7 Å². The molecule has 0 radical (unpaired) electrons. The van der Waals surface area contributed by atoms with E-state index >= 15 is 0 Å². The average molecular weight is 345 g/mol. The van der Waals surface area contributed by atoms with Gasteiger partial charge in [0.1, 0.15) is 0 Å². The topological polar surface area (TPSA) is 21.3 Å². The Balaban J connectivity index is 2.08. The molecule has 0 saturated heterocycles. The molecule has 0 heterocycles. The molecule has 5 heteroatoms. The molecule has 2 aromatic carbocycles. The lowest BCUT2D eigenvalue weighted by atomic mass is 10.2. The smallest absolute Gasteiger partial charge is 0.165 e. The summed E-state index contributed by atoms with van der Waals surface area (Å²) < 4.78 is 19.3. The van der Waals surface area contributed by atoms with Gasteiger partial charge in [0.2, 0.25) is 0 Å². The first-order valence-corrected chi connectivity index (χ1v) is 6.78. The molecule has 100 valence electrons. The molecule has 0 amide bonds. The number of methoxy groups -OCH3 is 1. The minimum Gasteiger partial charge on any atom is -0.494 e. The van der Waals surface area contributed by atoms with Crippen LogP contribution in [0.25, 0.3) is 0 Å². The largest absolute Gasteiger partial charge is 0.494 e. The number of halogens is 3. The van der Waals surface area contributed by atoms with Crippen LogP contribution < -0.4 is 10.1 Å². The Morgan fingerprint density at radius 1 is 1.26 bits per heavy atom. The molecular formula is C14H12BrClFNO. The van der Waals surface area contributed by atoms with Crippen molar-refractivity contribution in [1.82, 2.24) is 0 Å². The van der Waals surface area contributed by atoms with Crippen LogP contribution in [0.2, 0.25) is 5.02 Å². The molecule has 2 rings (SSSR count). The summed E-state index contributed by atoms with van der Waals surface area (Å²) in [6, 6.07) is 10.4. The summed E-state index contributed by atoms with van der Waals surface area (Å²) in [7, 11) is 1.45. The van der Waals surface area contributed by atoms with Crippen molar-refractivity contribution in [3.05, 3.63) is 57.3 Å². The van der Waals surface area contributed by atoms with Crippen LogP contribution in [0.4, 0.5) is 10.1 Å². The third-order valence-electron chi connectivity index (χ3n) is 2.63. The molecule has 0 bridgehead atoms. The quantitative estimate of drug-likeness (QED) is 0.855. The zero-order chi connectivity index (χ0) is 13.8. The zero-order valence-electron chi connectivity index (χ0n) is 10.2. The second kappa shape index (κ2) is 6.26. The van der Waals surface area contributed by atoms with E-state index in [1.165, 1.54) is 13.2 Å². The van der Waals surface area contributed by atoms with Crippen LogP contribution in [-0.4, -0.2) is 7.11 Å². The summed E-state index contributed by atoms with van der Waals surface area (Å²) in [4.78, 5) is 0. The van der Waals surface area contributed by atoms with Crippen LogP contribution in [-0.2, 0) is 6.54 Å². The van der Waals surface area contributed by atoms with Crippen LogP contribution in [0, 0.1) is 5.82 Å². The lowest BCUT2D eigenvalue weighted by molar-refractivity contribution is 0.386. The number of ether oxygens (including phenoxy) is 1. The van der Waals surface area contributed by atoms with Gasteiger partial charge < -0.3 is 10.1 Å². The molecule has 0 aliphatic rings. The monoisotopic (exact) mass is 343 g/mol. The van der Waals surface area contributed by atoms with Crippen molar-refractivity contribution >= 4 is 33.2 Å². The molecule has 0 aliphatic heterocycles. The number of hydrogen-bond donors (Lipinski definition) is 1. The summed E-state index contributed by atoms with van der Waals surface area (Å²) >= 11 is 9.28. The Labute approximate surface area is 124 Å². The number of anilines is 1. The molecule has 0 spiro atoms. The predicted octanol–water partition coefficient (Wildman–Crippen LogP) is 4.86. The van der Waals surface area contributed by atoms with Gasteiger partial charge in [-0.3, -0.25) is 0 Å². The van der Waals surface area contributed by atoms with Crippen LogP contribution in [0.1, 0.15) is 5.56 Å². The second-order valence-corrected chi connectivity index (χ2v) is 5.24. The lowest BCUT2D eigenvalue weighted by Crippen LogP contribution is -2.01. The third-order valence-corrected chi connectivity index (χ3v) is 3.52. The Kier molecular flexibility index (Phi) is 4.66. The van der Waals surface area contributed by atoms with Gasteiger partial charge in [0.05, 0.1) is 7.11 Å². The third kappa shape index (κ3) is 3.61. The average Bonchev–Trinajstić information content (AvgIpc) is 2.38.